The Balaban J connectivity index is 1.96. The van der Waals surface area contributed by atoms with Crippen LogP contribution in [-0.4, -0.2) is 18.7 Å². The first kappa shape index (κ1) is 9.90. The Hall–Kier alpha value is -1.64. The number of benzene rings is 1. The van der Waals surface area contributed by atoms with Gasteiger partial charge < -0.3 is 4.74 Å². The monoisotopic (exact) mass is 202 g/mol. The van der Waals surface area contributed by atoms with Gasteiger partial charge in [0.15, 0.2) is 0 Å². The van der Waals surface area contributed by atoms with Crippen LogP contribution in [0.15, 0.2) is 40.5 Å². The van der Waals surface area contributed by atoms with Crippen molar-refractivity contribution >= 4 is 12.1 Å². The molecule has 0 amide bonds. The fraction of sp³-hybridized carbons (Fsp3) is 0.333. The average molecular weight is 202 g/mol. The van der Waals surface area contributed by atoms with Gasteiger partial charge in [0.25, 0.3) is 0 Å². The lowest BCUT2D eigenvalue weighted by Gasteiger charge is -1.91. The maximum Gasteiger partial charge on any atom is 0.208 e. The Morgan fingerprint density at radius 1 is 1.33 bits per heavy atom. The minimum absolute atomic E-state index is 0.565. The van der Waals surface area contributed by atoms with Crippen molar-refractivity contribution in [2.75, 3.05) is 6.61 Å². The van der Waals surface area contributed by atoms with Crippen molar-refractivity contribution in [2.24, 2.45) is 16.1 Å². The van der Waals surface area contributed by atoms with Gasteiger partial charge in [-0.05, 0) is 11.5 Å². The van der Waals surface area contributed by atoms with Gasteiger partial charge in [0.05, 0.1) is 12.8 Å². The van der Waals surface area contributed by atoms with Crippen molar-refractivity contribution in [3.05, 3.63) is 35.9 Å². The van der Waals surface area contributed by atoms with E-state index in [0.29, 0.717) is 5.92 Å². The standard InChI is InChI=1S/C12H14N2O/c1-10-7-12(15-9-10)14-13-8-11-5-3-2-4-6-11/h2-6,8,10H,7,9H2,1H3/b13-8+,14-12+/t10-/m0/s1. The van der Waals surface area contributed by atoms with Crippen molar-refractivity contribution in [1.82, 2.24) is 0 Å². The lowest BCUT2D eigenvalue weighted by atomic mass is 10.2. The van der Waals surface area contributed by atoms with Crippen molar-refractivity contribution in [3.8, 4) is 0 Å². The van der Waals surface area contributed by atoms with Gasteiger partial charge in [-0.15, -0.1) is 5.10 Å². The van der Waals surface area contributed by atoms with E-state index in [9.17, 15) is 0 Å². The van der Waals surface area contributed by atoms with E-state index in [2.05, 4.69) is 17.1 Å². The van der Waals surface area contributed by atoms with Gasteiger partial charge in [-0.3, -0.25) is 0 Å². The molecule has 78 valence electrons. The topological polar surface area (TPSA) is 34.0 Å². The normalized spacial score (nSPS) is 23.5. The van der Waals surface area contributed by atoms with Gasteiger partial charge >= 0.3 is 0 Å². The van der Waals surface area contributed by atoms with Gasteiger partial charge in [0.2, 0.25) is 5.90 Å². The van der Waals surface area contributed by atoms with E-state index < -0.39 is 0 Å². The molecule has 0 aliphatic carbocycles. The van der Waals surface area contributed by atoms with Crippen LogP contribution < -0.4 is 0 Å². The third-order valence-corrected chi connectivity index (χ3v) is 2.23. The summed E-state index contributed by atoms with van der Waals surface area (Å²) in [5.74, 6) is 1.31. The molecule has 1 aliphatic heterocycles. The molecule has 3 heteroatoms. The highest BCUT2D eigenvalue weighted by atomic mass is 16.5. The van der Waals surface area contributed by atoms with E-state index in [1.54, 1.807) is 6.21 Å². The fourth-order valence-corrected chi connectivity index (χ4v) is 1.42. The van der Waals surface area contributed by atoms with Crippen molar-refractivity contribution in [2.45, 2.75) is 13.3 Å². The Morgan fingerprint density at radius 2 is 2.13 bits per heavy atom. The molecule has 0 saturated carbocycles. The van der Waals surface area contributed by atoms with E-state index in [-0.39, 0.29) is 0 Å². The number of rotatable bonds is 2. The first-order chi connectivity index (χ1) is 7.34. The SMILES string of the molecule is C[C@@H]1CO/C(=N/N=C/c2ccccc2)C1. The van der Waals surface area contributed by atoms with Crippen molar-refractivity contribution in [1.29, 1.82) is 0 Å². The maximum atomic E-state index is 5.34. The summed E-state index contributed by atoms with van der Waals surface area (Å²) in [5.41, 5.74) is 1.05. The second-order valence-corrected chi connectivity index (χ2v) is 3.77. The molecule has 1 aliphatic rings. The molecule has 0 unspecified atom stereocenters. The van der Waals surface area contributed by atoms with Crippen LogP contribution >= 0.6 is 0 Å². The van der Waals surface area contributed by atoms with Crippen LogP contribution in [0.1, 0.15) is 18.9 Å². The van der Waals surface area contributed by atoms with Crippen LogP contribution in [0, 0.1) is 5.92 Å². The summed E-state index contributed by atoms with van der Waals surface area (Å²) in [5, 5.41) is 8.03. The van der Waals surface area contributed by atoms with Gasteiger partial charge in [-0.1, -0.05) is 37.3 Å². The van der Waals surface area contributed by atoms with E-state index in [4.69, 9.17) is 4.74 Å². The van der Waals surface area contributed by atoms with Crippen LogP contribution in [0.3, 0.4) is 0 Å². The Bertz CT molecular complexity index is 370. The molecule has 1 atom stereocenters. The van der Waals surface area contributed by atoms with E-state index in [0.717, 1.165) is 24.5 Å². The molecule has 0 radical (unpaired) electrons. The highest BCUT2D eigenvalue weighted by molar-refractivity contribution is 5.82. The second-order valence-electron chi connectivity index (χ2n) is 3.77. The summed E-state index contributed by atoms with van der Waals surface area (Å²) in [6.07, 6.45) is 2.63. The van der Waals surface area contributed by atoms with Crippen LogP contribution in [0.25, 0.3) is 0 Å². The molecule has 0 aromatic heterocycles. The summed E-state index contributed by atoms with van der Waals surface area (Å²) in [6, 6.07) is 9.90. The predicted octanol–water partition coefficient (Wildman–Crippen LogP) is 2.48. The number of nitrogens with zero attached hydrogens (tertiary/aromatic N) is 2. The second kappa shape index (κ2) is 4.73. The largest absolute Gasteiger partial charge is 0.479 e. The molecule has 1 saturated heterocycles. The van der Waals surface area contributed by atoms with Gasteiger partial charge in [0, 0.05) is 6.42 Å². The summed E-state index contributed by atoms with van der Waals surface area (Å²) < 4.78 is 5.34. The predicted molar refractivity (Wildman–Crippen MR) is 61.2 cm³/mol. The first-order valence-corrected chi connectivity index (χ1v) is 5.12. The van der Waals surface area contributed by atoms with Gasteiger partial charge in [-0.2, -0.15) is 5.10 Å². The minimum Gasteiger partial charge on any atom is -0.479 e. The zero-order valence-electron chi connectivity index (χ0n) is 8.76. The summed E-state index contributed by atoms with van der Waals surface area (Å²) in [4.78, 5) is 0. The number of ether oxygens (including phenoxy) is 1. The Morgan fingerprint density at radius 3 is 2.80 bits per heavy atom. The molecule has 1 fully saturated rings. The number of hydrogen-bond donors (Lipinski definition) is 0. The molecule has 1 heterocycles. The van der Waals surface area contributed by atoms with Gasteiger partial charge in [0.1, 0.15) is 0 Å². The van der Waals surface area contributed by atoms with E-state index in [1.807, 2.05) is 30.3 Å². The lowest BCUT2D eigenvalue weighted by Crippen LogP contribution is -1.91. The molecule has 3 nitrogen and oxygen atoms in total. The molecule has 0 N–H and O–H groups in total. The molecule has 15 heavy (non-hydrogen) atoms. The highest BCUT2D eigenvalue weighted by Gasteiger charge is 2.17. The lowest BCUT2D eigenvalue weighted by molar-refractivity contribution is 0.308. The third kappa shape index (κ3) is 2.91. The molecule has 0 bridgehead atoms. The number of hydrogen-bond acceptors (Lipinski definition) is 3. The molecular weight excluding hydrogens is 188 g/mol. The van der Waals surface area contributed by atoms with Crippen LogP contribution in [0.4, 0.5) is 0 Å². The van der Waals surface area contributed by atoms with Gasteiger partial charge in [-0.25, -0.2) is 0 Å². The van der Waals surface area contributed by atoms with Crippen LogP contribution in [0.5, 0.6) is 0 Å². The zero-order valence-corrected chi connectivity index (χ0v) is 8.76. The summed E-state index contributed by atoms with van der Waals surface area (Å²) in [6.45, 7) is 2.91. The fourth-order valence-electron chi connectivity index (χ4n) is 1.42. The van der Waals surface area contributed by atoms with Crippen LogP contribution in [-0.2, 0) is 4.74 Å². The maximum absolute atomic E-state index is 5.34. The minimum atomic E-state index is 0.565. The molecular formula is C12H14N2O. The summed E-state index contributed by atoms with van der Waals surface area (Å²) >= 11 is 0. The molecule has 2 rings (SSSR count). The zero-order chi connectivity index (χ0) is 10.5. The van der Waals surface area contributed by atoms with Crippen LogP contribution in [0.2, 0.25) is 0 Å². The quantitative estimate of drug-likeness (QED) is 0.536. The Labute approximate surface area is 89.5 Å². The molecule has 0 spiro atoms. The Kier molecular flexibility index (Phi) is 3.12. The van der Waals surface area contributed by atoms with E-state index in [1.165, 1.54) is 0 Å². The molecule has 1 aromatic carbocycles. The van der Waals surface area contributed by atoms with E-state index >= 15 is 0 Å². The summed E-state index contributed by atoms with van der Waals surface area (Å²) in [7, 11) is 0. The highest BCUT2D eigenvalue weighted by Crippen LogP contribution is 2.13. The van der Waals surface area contributed by atoms with Crippen molar-refractivity contribution < 1.29 is 4.74 Å². The average Bonchev–Trinajstić information content (AvgIpc) is 2.66. The van der Waals surface area contributed by atoms with Crippen molar-refractivity contribution in [3.63, 3.8) is 0 Å². The molecule has 1 aromatic rings. The smallest absolute Gasteiger partial charge is 0.208 e. The third-order valence-electron chi connectivity index (χ3n) is 2.23. The first-order valence-electron chi connectivity index (χ1n) is 5.12.